The van der Waals surface area contributed by atoms with Gasteiger partial charge in [0, 0.05) is 30.3 Å². The number of rotatable bonds is 6. The Balaban J connectivity index is 1.48. The van der Waals surface area contributed by atoms with Crippen molar-refractivity contribution >= 4 is 52.5 Å². The summed E-state index contributed by atoms with van der Waals surface area (Å²) in [5.74, 6) is -0.287. The van der Waals surface area contributed by atoms with Crippen molar-refractivity contribution in [3.05, 3.63) is 81.6 Å². The number of nitrogens with one attached hydrogen (secondary N) is 1. The van der Waals surface area contributed by atoms with Gasteiger partial charge in [0.05, 0.1) is 22.9 Å². The van der Waals surface area contributed by atoms with Crippen LogP contribution in [0.5, 0.6) is 0 Å². The number of benzene rings is 2. The van der Waals surface area contributed by atoms with E-state index in [9.17, 15) is 9.59 Å². The third-order valence-electron chi connectivity index (χ3n) is 5.28. The Kier molecular flexibility index (Phi) is 6.63. The molecule has 0 spiro atoms. The molecule has 6 nitrogen and oxygen atoms in total. The van der Waals surface area contributed by atoms with E-state index in [0.29, 0.717) is 40.9 Å². The first-order chi connectivity index (χ1) is 15.4. The summed E-state index contributed by atoms with van der Waals surface area (Å²) in [6.07, 6.45) is 4.39. The van der Waals surface area contributed by atoms with Crippen LogP contribution in [0.4, 0.5) is 11.4 Å². The predicted octanol–water partition coefficient (Wildman–Crippen LogP) is 5.33. The molecule has 32 heavy (non-hydrogen) atoms. The first-order valence-corrected chi connectivity index (χ1v) is 11.0. The molecule has 164 valence electrons. The number of carbonyl (C=O) groups is 2. The van der Waals surface area contributed by atoms with Crippen LogP contribution < -0.4 is 10.2 Å². The van der Waals surface area contributed by atoms with Crippen LogP contribution >= 0.6 is 23.2 Å². The molecule has 1 aliphatic heterocycles. The minimum absolute atomic E-state index is 0.0714. The quantitative estimate of drug-likeness (QED) is 0.497. The molecular formula is C24H22Cl2N4O2. The summed E-state index contributed by atoms with van der Waals surface area (Å²) >= 11 is 12.8. The Bertz CT molecular complexity index is 1190. The maximum absolute atomic E-state index is 12.5. The van der Waals surface area contributed by atoms with E-state index < -0.39 is 0 Å². The van der Waals surface area contributed by atoms with Crippen molar-refractivity contribution in [2.24, 2.45) is 0 Å². The van der Waals surface area contributed by atoms with Gasteiger partial charge in [0.2, 0.25) is 11.8 Å². The lowest BCUT2D eigenvalue weighted by atomic mass is 10.2. The highest BCUT2D eigenvalue weighted by Crippen LogP contribution is 2.30. The molecule has 0 atom stereocenters. The van der Waals surface area contributed by atoms with Gasteiger partial charge in [0.25, 0.3) is 0 Å². The summed E-state index contributed by atoms with van der Waals surface area (Å²) in [7, 11) is 0. The molecule has 2 amide bonds. The van der Waals surface area contributed by atoms with Gasteiger partial charge in [-0.3, -0.25) is 9.59 Å². The predicted molar refractivity (Wildman–Crippen MR) is 128 cm³/mol. The normalized spacial score (nSPS) is 13.8. The second-order valence-electron chi connectivity index (χ2n) is 7.57. The van der Waals surface area contributed by atoms with Crippen molar-refractivity contribution in [2.75, 3.05) is 16.8 Å². The number of aryl methyl sites for hydroxylation is 1. The number of hydrogen-bond acceptors (Lipinski definition) is 3. The summed E-state index contributed by atoms with van der Waals surface area (Å²) in [6, 6.07) is 15.1. The fourth-order valence-electron chi connectivity index (χ4n) is 3.65. The van der Waals surface area contributed by atoms with Crippen molar-refractivity contribution in [1.82, 2.24) is 9.78 Å². The molecular weight excluding hydrogens is 447 g/mol. The second kappa shape index (κ2) is 9.59. The van der Waals surface area contributed by atoms with Crippen LogP contribution in [0.25, 0.3) is 6.08 Å². The molecule has 1 aromatic heterocycles. The molecule has 1 saturated heterocycles. The number of halogens is 2. The zero-order valence-electron chi connectivity index (χ0n) is 17.5. The summed E-state index contributed by atoms with van der Waals surface area (Å²) in [5, 5.41) is 8.12. The molecule has 2 heterocycles. The molecule has 0 bridgehead atoms. The van der Waals surface area contributed by atoms with Crippen molar-refractivity contribution in [3.63, 3.8) is 0 Å². The zero-order chi connectivity index (χ0) is 22.7. The largest absolute Gasteiger partial charge is 0.321 e. The van der Waals surface area contributed by atoms with Crippen LogP contribution in [0, 0.1) is 6.92 Å². The van der Waals surface area contributed by atoms with E-state index in [-0.39, 0.29) is 11.8 Å². The van der Waals surface area contributed by atoms with Gasteiger partial charge in [-0.05, 0) is 43.2 Å². The number of nitrogens with zero attached hydrogens (tertiary/aromatic N) is 3. The minimum Gasteiger partial charge on any atom is -0.321 e. The molecule has 4 rings (SSSR count). The third kappa shape index (κ3) is 4.87. The van der Waals surface area contributed by atoms with Gasteiger partial charge in [-0.15, -0.1) is 0 Å². The number of amides is 2. The van der Waals surface area contributed by atoms with E-state index in [0.717, 1.165) is 23.4 Å². The smallest absolute Gasteiger partial charge is 0.248 e. The monoisotopic (exact) mass is 468 g/mol. The molecule has 1 N–H and O–H groups in total. The lowest BCUT2D eigenvalue weighted by molar-refractivity contribution is -0.117. The van der Waals surface area contributed by atoms with E-state index in [1.807, 2.05) is 37.3 Å². The highest BCUT2D eigenvalue weighted by atomic mass is 35.5. The third-order valence-corrected chi connectivity index (χ3v) is 6.01. The Morgan fingerprint density at radius 1 is 1.19 bits per heavy atom. The van der Waals surface area contributed by atoms with Gasteiger partial charge >= 0.3 is 0 Å². The highest BCUT2D eigenvalue weighted by molar-refractivity contribution is 6.34. The van der Waals surface area contributed by atoms with Crippen molar-refractivity contribution in [2.45, 2.75) is 26.3 Å². The van der Waals surface area contributed by atoms with Crippen LogP contribution in [0.1, 0.15) is 29.7 Å². The SMILES string of the molecule is Cc1nn(Cc2ccccc2)c(Cl)c1/C=C/C(=O)Nc1cc(N2CCCC2=O)ccc1Cl. The summed E-state index contributed by atoms with van der Waals surface area (Å²) in [5.41, 5.74) is 3.65. The van der Waals surface area contributed by atoms with Crippen LogP contribution in [-0.2, 0) is 16.1 Å². The average Bonchev–Trinajstić information content (AvgIpc) is 3.32. The lowest BCUT2D eigenvalue weighted by Gasteiger charge is -2.17. The molecule has 0 unspecified atom stereocenters. The Labute approximate surface area is 196 Å². The van der Waals surface area contributed by atoms with Crippen molar-refractivity contribution in [1.29, 1.82) is 0 Å². The lowest BCUT2D eigenvalue weighted by Crippen LogP contribution is -2.23. The van der Waals surface area contributed by atoms with Crippen LogP contribution in [-0.4, -0.2) is 28.1 Å². The number of anilines is 2. The Hall–Kier alpha value is -3.09. The minimum atomic E-state index is -0.358. The molecule has 1 aliphatic rings. The number of aromatic nitrogens is 2. The second-order valence-corrected chi connectivity index (χ2v) is 8.33. The Morgan fingerprint density at radius 2 is 1.97 bits per heavy atom. The van der Waals surface area contributed by atoms with Crippen LogP contribution in [0.2, 0.25) is 10.2 Å². The van der Waals surface area contributed by atoms with Gasteiger partial charge in [-0.2, -0.15) is 5.10 Å². The molecule has 0 saturated carbocycles. The average molecular weight is 469 g/mol. The van der Waals surface area contributed by atoms with Gasteiger partial charge in [-0.1, -0.05) is 53.5 Å². The van der Waals surface area contributed by atoms with Gasteiger partial charge in [0.15, 0.2) is 0 Å². The number of hydrogen-bond donors (Lipinski definition) is 1. The Morgan fingerprint density at radius 3 is 2.69 bits per heavy atom. The molecule has 3 aromatic rings. The van der Waals surface area contributed by atoms with Gasteiger partial charge in [0.1, 0.15) is 5.15 Å². The fraction of sp³-hybridized carbons (Fsp3) is 0.208. The zero-order valence-corrected chi connectivity index (χ0v) is 19.0. The van der Waals surface area contributed by atoms with Crippen molar-refractivity contribution in [3.8, 4) is 0 Å². The van der Waals surface area contributed by atoms with Crippen molar-refractivity contribution < 1.29 is 9.59 Å². The standard InChI is InChI=1S/C24H22Cl2N4O2/c1-16-19(24(26)30(28-16)15-17-6-3-2-4-7-17)10-12-22(31)27-21-14-18(9-11-20(21)25)29-13-5-8-23(29)32/h2-4,6-7,9-12,14H,5,8,13,15H2,1H3,(H,27,31)/b12-10+. The topological polar surface area (TPSA) is 67.2 Å². The van der Waals surface area contributed by atoms with E-state index in [1.54, 1.807) is 33.9 Å². The van der Waals surface area contributed by atoms with E-state index in [4.69, 9.17) is 23.2 Å². The van der Waals surface area contributed by atoms with Gasteiger partial charge < -0.3 is 10.2 Å². The summed E-state index contributed by atoms with van der Waals surface area (Å²) < 4.78 is 1.71. The molecule has 2 aromatic carbocycles. The highest BCUT2D eigenvalue weighted by Gasteiger charge is 2.22. The van der Waals surface area contributed by atoms with E-state index in [2.05, 4.69) is 10.4 Å². The van der Waals surface area contributed by atoms with Gasteiger partial charge in [-0.25, -0.2) is 4.68 Å². The van der Waals surface area contributed by atoms with E-state index in [1.165, 1.54) is 6.08 Å². The molecule has 0 aliphatic carbocycles. The fourth-order valence-corrected chi connectivity index (χ4v) is 4.11. The number of carbonyl (C=O) groups excluding carboxylic acids is 2. The molecule has 1 fully saturated rings. The maximum Gasteiger partial charge on any atom is 0.248 e. The summed E-state index contributed by atoms with van der Waals surface area (Å²) in [6.45, 7) is 3.05. The van der Waals surface area contributed by atoms with Crippen LogP contribution in [0.3, 0.4) is 0 Å². The van der Waals surface area contributed by atoms with Crippen LogP contribution in [0.15, 0.2) is 54.6 Å². The first kappa shape index (κ1) is 22.1. The van der Waals surface area contributed by atoms with E-state index >= 15 is 0 Å². The first-order valence-electron chi connectivity index (χ1n) is 10.3. The molecule has 0 radical (unpaired) electrons. The molecule has 8 heteroatoms. The summed E-state index contributed by atoms with van der Waals surface area (Å²) in [4.78, 5) is 26.3. The maximum atomic E-state index is 12.5.